The molecule has 0 fully saturated rings. The Labute approximate surface area is 233 Å². The van der Waals surface area contributed by atoms with Crippen molar-refractivity contribution in [2.24, 2.45) is 4.99 Å². The Bertz CT molecular complexity index is 1810. The Balaban J connectivity index is 1.63. The fourth-order valence-corrected chi connectivity index (χ4v) is 5.49. The largest absolute Gasteiger partial charge is 0.546 e. The Morgan fingerprint density at radius 2 is 1.80 bits per heavy atom. The summed E-state index contributed by atoms with van der Waals surface area (Å²) in [5, 5.41) is 13.7. The minimum atomic E-state index is -1.33. The molecule has 0 saturated carbocycles. The van der Waals surface area contributed by atoms with Gasteiger partial charge in [-0.3, -0.25) is 14.2 Å². The van der Waals surface area contributed by atoms with Crippen molar-refractivity contribution in [3.8, 4) is 11.5 Å². The van der Waals surface area contributed by atoms with E-state index in [4.69, 9.17) is 9.47 Å². The number of fused-ring (bicyclic) bond motifs is 1. The van der Waals surface area contributed by atoms with Gasteiger partial charge in [-0.15, -0.1) is 0 Å². The third-order valence-electron chi connectivity index (χ3n) is 6.22. The van der Waals surface area contributed by atoms with Gasteiger partial charge in [-0.25, -0.2) is 4.99 Å². The fraction of sp³-hybridized carbons (Fsp3) is 0.133. The highest BCUT2D eigenvalue weighted by Crippen LogP contribution is 2.32. The van der Waals surface area contributed by atoms with E-state index < -0.39 is 18.6 Å². The molecule has 40 heavy (non-hydrogen) atoms. The lowest BCUT2D eigenvalue weighted by molar-refractivity contribution is -0.307. The number of carboxylic acids is 1. The average molecular weight is 555 g/mol. The molecular formula is C30H24N3O6S-. The molecule has 1 atom stereocenters. The highest BCUT2D eigenvalue weighted by atomic mass is 32.1. The molecule has 2 heterocycles. The standard InChI is InChI=1S/C30H25N3O6S/c1-18-26(28(36)32-21-10-4-3-5-11-21)27(20-9-7-12-22(16-20)38-2)33-29(37)24(40-30(33)31-18)15-19-8-6-13-23(14-19)39-17-25(34)35/h3-16,27H,17H2,1-2H3,(H,32,36)(H,34,35)/p-1/b24-15-/t27-/m0/s1. The lowest BCUT2D eigenvalue weighted by atomic mass is 9.95. The molecule has 0 radical (unpaired) electrons. The second-order valence-electron chi connectivity index (χ2n) is 8.91. The summed E-state index contributed by atoms with van der Waals surface area (Å²) in [6.45, 7) is 1.17. The molecule has 0 bridgehead atoms. The number of thiazole rings is 1. The van der Waals surface area contributed by atoms with Gasteiger partial charge in [0.2, 0.25) is 0 Å². The Kier molecular flexibility index (Phi) is 7.61. The Morgan fingerprint density at radius 1 is 1.05 bits per heavy atom. The van der Waals surface area contributed by atoms with Crippen LogP contribution in [0.1, 0.15) is 24.1 Å². The van der Waals surface area contributed by atoms with Crippen LogP contribution >= 0.6 is 11.3 Å². The van der Waals surface area contributed by atoms with Gasteiger partial charge >= 0.3 is 0 Å². The van der Waals surface area contributed by atoms with Crippen molar-refractivity contribution in [3.63, 3.8) is 0 Å². The molecule has 10 heteroatoms. The zero-order valence-corrected chi connectivity index (χ0v) is 22.4. The molecule has 0 saturated heterocycles. The lowest BCUT2D eigenvalue weighted by Gasteiger charge is -2.25. The molecule has 1 aliphatic rings. The van der Waals surface area contributed by atoms with E-state index in [9.17, 15) is 19.5 Å². The summed E-state index contributed by atoms with van der Waals surface area (Å²) in [7, 11) is 1.56. The van der Waals surface area contributed by atoms with Crippen molar-refractivity contribution in [1.82, 2.24) is 4.57 Å². The number of benzene rings is 3. The molecule has 5 rings (SSSR count). The second kappa shape index (κ2) is 11.4. The number of allylic oxidation sites excluding steroid dienone is 1. The number of hydrogen-bond acceptors (Lipinski definition) is 8. The van der Waals surface area contributed by atoms with Crippen LogP contribution in [0.4, 0.5) is 5.69 Å². The predicted molar refractivity (Wildman–Crippen MR) is 149 cm³/mol. The molecule has 202 valence electrons. The molecule has 9 nitrogen and oxygen atoms in total. The van der Waals surface area contributed by atoms with Gasteiger partial charge in [0.1, 0.15) is 18.1 Å². The molecule has 1 aliphatic heterocycles. The SMILES string of the molecule is COc1cccc([C@H]2C(C(=O)Nc3ccccc3)=C(C)N=c3s/c(=C\c4cccc(OCC(=O)[O-])c4)c(=O)n32)c1. The number of ether oxygens (including phenoxy) is 2. The smallest absolute Gasteiger partial charge is 0.271 e. The minimum absolute atomic E-state index is 0.324. The van der Waals surface area contributed by atoms with E-state index in [1.54, 1.807) is 68.6 Å². The van der Waals surface area contributed by atoms with Gasteiger partial charge in [0, 0.05) is 5.69 Å². The van der Waals surface area contributed by atoms with Crippen LogP contribution in [0, 0.1) is 0 Å². The van der Waals surface area contributed by atoms with Crippen LogP contribution in [0.25, 0.3) is 6.08 Å². The van der Waals surface area contributed by atoms with Crippen molar-refractivity contribution in [2.75, 3.05) is 19.0 Å². The molecule has 4 aromatic rings. The molecule has 1 amide bonds. The first-order chi connectivity index (χ1) is 19.3. The number of anilines is 1. The number of carbonyl (C=O) groups is 2. The highest BCUT2D eigenvalue weighted by Gasteiger charge is 2.32. The molecule has 1 N–H and O–H groups in total. The van der Waals surface area contributed by atoms with Crippen molar-refractivity contribution in [2.45, 2.75) is 13.0 Å². The monoisotopic (exact) mass is 554 g/mol. The maximum atomic E-state index is 13.9. The third kappa shape index (κ3) is 5.57. The molecule has 3 aromatic carbocycles. The topological polar surface area (TPSA) is 122 Å². The number of carbonyl (C=O) groups excluding carboxylic acids is 2. The van der Waals surface area contributed by atoms with Crippen LogP contribution in [-0.2, 0) is 9.59 Å². The molecule has 0 spiro atoms. The zero-order chi connectivity index (χ0) is 28.2. The summed E-state index contributed by atoms with van der Waals surface area (Å²) in [4.78, 5) is 43.4. The molecule has 0 unspecified atom stereocenters. The lowest BCUT2D eigenvalue weighted by Crippen LogP contribution is -2.40. The van der Waals surface area contributed by atoms with E-state index in [1.807, 2.05) is 30.3 Å². The van der Waals surface area contributed by atoms with Gasteiger partial charge in [0.15, 0.2) is 4.80 Å². The Hall–Kier alpha value is -4.96. The van der Waals surface area contributed by atoms with E-state index in [0.29, 0.717) is 48.9 Å². The summed E-state index contributed by atoms with van der Waals surface area (Å²) in [5.74, 6) is -0.785. The maximum Gasteiger partial charge on any atom is 0.271 e. The van der Waals surface area contributed by atoms with E-state index in [1.165, 1.54) is 15.9 Å². The number of carboxylic acid groups (broad SMARTS) is 1. The number of methoxy groups -OCH3 is 1. The Morgan fingerprint density at radius 3 is 2.55 bits per heavy atom. The van der Waals surface area contributed by atoms with Gasteiger partial charge < -0.3 is 24.7 Å². The normalized spacial score (nSPS) is 14.8. The second-order valence-corrected chi connectivity index (χ2v) is 9.92. The fourth-order valence-electron chi connectivity index (χ4n) is 4.45. The van der Waals surface area contributed by atoms with E-state index in [2.05, 4.69) is 10.3 Å². The maximum absolute atomic E-state index is 13.9. The van der Waals surface area contributed by atoms with Gasteiger partial charge in [-0.2, -0.15) is 0 Å². The molecule has 0 aliphatic carbocycles. The first kappa shape index (κ1) is 26.6. The first-order valence-electron chi connectivity index (χ1n) is 12.3. The zero-order valence-electron chi connectivity index (χ0n) is 21.6. The average Bonchev–Trinajstić information content (AvgIpc) is 3.25. The van der Waals surface area contributed by atoms with Crippen molar-refractivity contribution >= 4 is 35.0 Å². The third-order valence-corrected chi connectivity index (χ3v) is 7.20. The summed E-state index contributed by atoms with van der Waals surface area (Å²) >= 11 is 1.20. The predicted octanol–water partition coefficient (Wildman–Crippen LogP) is 2.01. The summed E-state index contributed by atoms with van der Waals surface area (Å²) < 4.78 is 12.6. The van der Waals surface area contributed by atoms with Crippen molar-refractivity contribution in [1.29, 1.82) is 0 Å². The highest BCUT2D eigenvalue weighted by molar-refractivity contribution is 7.07. The number of hydrogen-bond donors (Lipinski definition) is 1. The number of nitrogens with zero attached hydrogens (tertiary/aromatic N) is 2. The van der Waals surface area contributed by atoms with Crippen LogP contribution in [-0.4, -0.2) is 30.2 Å². The number of aliphatic carboxylic acids is 1. The number of para-hydroxylation sites is 1. The van der Waals surface area contributed by atoms with E-state index in [-0.39, 0.29) is 11.5 Å². The van der Waals surface area contributed by atoms with Crippen LogP contribution in [0.15, 0.2) is 99.9 Å². The van der Waals surface area contributed by atoms with Gasteiger partial charge in [-0.05, 0) is 60.5 Å². The summed E-state index contributed by atoms with van der Waals surface area (Å²) in [5.41, 5.74) is 2.46. The van der Waals surface area contributed by atoms with Crippen LogP contribution in [0.2, 0.25) is 0 Å². The molecular weight excluding hydrogens is 530 g/mol. The van der Waals surface area contributed by atoms with Crippen LogP contribution < -0.4 is 34.8 Å². The first-order valence-corrected chi connectivity index (χ1v) is 13.1. The van der Waals surface area contributed by atoms with E-state index >= 15 is 0 Å². The number of rotatable bonds is 8. The van der Waals surface area contributed by atoms with Crippen molar-refractivity contribution < 1.29 is 24.2 Å². The summed E-state index contributed by atoms with van der Waals surface area (Å²) in [6, 6.07) is 22.3. The van der Waals surface area contributed by atoms with Crippen LogP contribution in [0.5, 0.6) is 11.5 Å². The number of aromatic nitrogens is 1. The number of amides is 1. The summed E-state index contributed by atoms with van der Waals surface area (Å²) in [6.07, 6.45) is 1.68. The van der Waals surface area contributed by atoms with E-state index in [0.717, 1.165) is 0 Å². The minimum Gasteiger partial charge on any atom is -0.546 e. The molecule has 1 aromatic heterocycles. The quantitative estimate of drug-likeness (QED) is 0.356. The van der Waals surface area contributed by atoms with Gasteiger partial charge in [0.25, 0.3) is 11.5 Å². The van der Waals surface area contributed by atoms with Crippen molar-refractivity contribution in [3.05, 3.63) is 121 Å². The van der Waals surface area contributed by atoms with Gasteiger partial charge in [0.05, 0.1) is 34.9 Å². The van der Waals surface area contributed by atoms with Crippen LogP contribution in [0.3, 0.4) is 0 Å². The number of nitrogens with one attached hydrogen (secondary N) is 1. The van der Waals surface area contributed by atoms with Gasteiger partial charge in [-0.1, -0.05) is 53.8 Å².